The van der Waals surface area contributed by atoms with Gasteiger partial charge < -0.3 is 10.1 Å². The van der Waals surface area contributed by atoms with Crippen molar-refractivity contribution in [3.8, 4) is 5.88 Å². The largest absolute Gasteiger partial charge is 0.468 e. The summed E-state index contributed by atoms with van der Waals surface area (Å²) in [6.07, 6.45) is -3.17. The fourth-order valence-corrected chi connectivity index (χ4v) is 2.59. The molecule has 2 aromatic rings. The molecule has 144 valence electrons. The molecule has 0 aliphatic heterocycles. The summed E-state index contributed by atoms with van der Waals surface area (Å²) in [7, 11) is 0. The van der Waals surface area contributed by atoms with Gasteiger partial charge in [0.15, 0.2) is 6.61 Å². The number of ether oxygens (including phenoxy) is 1. The second-order valence-corrected chi connectivity index (χ2v) is 6.27. The van der Waals surface area contributed by atoms with Crippen molar-refractivity contribution < 1.29 is 27.6 Å². The third-order valence-corrected chi connectivity index (χ3v) is 4.10. The lowest BCUT2D eigenvalue weighted by Gasteiger charge is -2.10. The lowest BCUT2D eigenvalue weighted by molar-refractivity contribution is -0.384. The molecule has 11 heteroatoms. The Kier molecular flexibility index (Phi) is 6.99. The fraction of sp³-hybridized carbons (Fsp3) is 0.250. The van der Waals surface area contributed by atoms with Gasteiger partial charge in [-0.05, 0) is 23.8 Å². The molecule has 1 N–H and O–H groups in total. The number of amides is 1. The van der Waals surface area contributed by atoms with Crippen molar-refractivity contribution in [3.63, 3.8) is 0 Å². The third kappa shape index (κ3) is 7.52. The quantitative estimate of drug-likeness (QED) is 0.414. The lowest BCUT2D eigenvalue weighted by Crippen LogP contribution is -2.24. The number of rotatable bonds is 8. The van der Waals surface area contributed by atoms with E-state index >= 15 is 0 Å². The Hall–Kier alpha value is -2.82. The zero-order valence-corrected chi connectivity index (χ0v) is 14.5. The van der Waals surface area contributed by atoms with E-state index in [-0.39, 0.29) is 29.8 Å². The predicted molar refractivity (Wildman–Crippen MR) is 91.5 cm³/mol. The Balaban J connectivity index is 1.79. The van der Waals surface area contributed by atoms with Crippen molar-refractivity contribution in [2.45, 2.75) is 17.6 Å². The van der Waals surface area contributed by atoms with E-state index in [9.17, 15) is 28.1 Å². The van der Waals surface area contributed by atoms with Crippen molar-refractivity contribution in [2.24, 2.45) is 0 Å². The van der Waals surface area contributed by atoms with Crippen LogP contribution in [0.2, 0.25) is 0 Å². The molecule has 0 aliphatic carbocycles. The minimum Gasteiger partial charge on any atom is -0.468 e. The number of nitrogens with zero attached hydrogens (tertiary/aromatic N) is 2. The zero-order valence-electron chi connectivity index (χ0n) is 13.7. The van der Waals surface area contributed by atoms with Crippen LogP contribution >= 0.6 is 11.8 Å². The number of benzene rings is 1. The molecular weight excluding hydrogens is 387 g/mol. The second-order valence-electron chi connectivity index (χ2n) is 5.22. The average Bonchev–Trinajstić information content (AvgIpc) is 2.63. The topological polar surface area (TPSA) is 94.4 Å². The van der Waals surface area contributed by atoms with Crippen molar-refractivity contribution >= 4 is 23.4 Å². The summed E-state index contributed by atoms with van der Waals surface area (Å²) in [4.78, 5) is 26.3. The molecule has 0 spiro atoms. The molecule has 0 aliphatic rings. The van der Waals surface area contributed by atoms with Gasteiger partial charge in [0.2, 0.25) is 11.8 Å². The molecule has 0 saturated heterocycles. The zero-order chi connectivity index (χ0) is 19.9. The molecule has 0 radical (unpaired) electrons. The number of thioether (sulfide) groups is 1. The summed E-state index contributed by atoms with van der Waals surface area (Å²) in [6, 6.07) is 8.64. The number of non-ortho nitro benzene ring substituents is 1. The minimum absolute atomic E-state index is 0.0370. The Labute approximate surface area is 156 Å². The van der Waals surface area contributed by atoms with Crippen LogP contribution in [0.15, 0.2) is 47.5 Å². The van der Waals surface area contributed by atoms with E-state index in [2.05, 4.69) is 15.0 Å². The Morgan fingerprint density at radius 1 is 1.26 bits per heavy atom. The van der Waals surface area contributed by atoms with Gasteiger partial charge in [-0.25, -0.2) is 4.98 Å². The van der Waals surface area contributed by atoms with Gasteiger partial charge in [-0.3, -0.25) is 14.9 Å². The van der Waals surface area contributed by atoms with E-state index in [1.165, 1.54) is 36.2 Å². The second kappa shape index (κ2) is 9.21. The van der Waals surface area contributed by atoms with Crippen LogP contribution in [0.25, 0.3) is 0 Å². The van der Waals surface area contributed by atoms with Gasteiger partial charge in [-0.15, -0.1) is 11.8 Å². The highest BCUT2D eigenvalue weighted by molar-refractivity contribution is 8.00. The maximum atomic E-state index is 12.1. The molecule has 1 heterocycles. The SMILES string of the molecule is O=C(CSc1ccc([N+](=O)[O-])cc1)NCc1ccnc(OCC(F)(F)F)c1. The molecule has 0 bridgehead atoms. The summed E-state index contributed by atoms with van der Waals surface area (Å²) in [5, 5.41) is 13.2. The molecular formula is C16H14F3N3O4S. The van der Waals surface area contributed by atoms with E-state index < -0.39 is 17.7 Å². The van der Waals surface area contributed by atoms with Crippen molar-refractivity contribution in [1.29, 1.82) is 0 Å². The first-order chi connectivity index (χ1) is 12.7. The minimum atomic E-state index is -4.46. The van der Waals surface area contributed by atoms with Gasteiger partial charge in [-0.1, -0.05) is 0 Å². The standard InChI is InChI=1S/C16H14F3N3O4S/c17-16(18,19)10-26-15-7-11(5-6-20-15)8-21-14(23)9-27-13-3-1-12(2-4-13)22(24)25/h1-7H,8-10H2,(H,21,23). The van der Waals surface area contributed by atoms with Gasteiger partial charge in [-0.2, -0.15) is 13.2 Å². The van der Waals surface area contributed by atoms with Gasteiger partial charge in [0.1, 0.15) is 0 Å². The van der Waals surface area contributed by atoms with E-state index in [1.807, 2.05) is 0 Å². The molecule has 0 fully saturated rings. The van der Waals surface area contributed by atoms with Crippen LogP contribution < -0.4 is 10.1 Å². The van der Waals surface area contributed by atoms with Gasteiger partial charge in [0, 0.05) is 35.8 Å². The lowest BCUT2D eigenvalue weighted by atomic mass is 10.2. The number of carbonyl (C=O) groups is 1. The van der Waals surface area contributed by atoms with E-state index in [0.717, 1.165) is 0 Å². The number of hydrogen-bond donors (Lipinski definition) is 1. The Morgan fingerprint density at radius 2 is 1.96 bits per heavy atom. The highest BCUT2D eigenvalue weighted by Gasteiger charge is 2.28. The molecule has 1 aromatic carbocycles. The van der Waals surface area contributed by atoms with Crippen molar-refractivity contribution in [3.05, 3.63) is 58.3 Å². The van der Waals surface area contributed by atoms with Crippen LogP contribution in [0.3, 0.4) is 0 Å². The highest BCUT2D eigenvalue weighted by Crippen LogP contribution is 2.21. The molecule has 2 rings (SSSR count). The number of carbonyl (C=O) groups excluding carboxylic acids is 1. The number of nitrogens with one attached hydrogen (secondary N) is 1. The number of pyridine rings is 1. The number of alkyl halides is 3. The van der Waals surface area contributed by atoms with Crippen LogP contribution in [0.1, 0.15) is 5.56 Å². The monoisotopic (exact) mass is 401 g/mol. The number of nitro benzene ring substituents is 1. The van der Waals surface area contributed by atoms with Crippen molar-refractivity contribution in [2.75, 3.05) is 12.4 Å². The van der Waals surface area contributed by atoms with Gasteiger partial charge in [0.05, 0.1) is 10.7 Å². The van der Waals surface area contributed by atoms with Crippen LogP contribution in [0.4, 0.5) is 18.9 Å². The third-order valence-electron chi connectivity index (χ3n) is 3.09. The molecule has 7 nitrogen and oxygen atoms in total. The van der Waals surface area contributed by atoms with E-state index in [1.54, 1.807) is 18.2 Å². The van der Waals surface area contributed by atoms with Crippen LogP contribution in [0.5, 0.6) is 5.88 Å². The maximum Gasteiger partial charge on any atom is 0.422 e. The van der Waals surface area contributed by atoms with Gasteiger partial charge in [0.25, 0.3) is 5.69 Å². The van der Waals surface area contributed by atoms with Crippen LogP contribution in [-0.2, 0) is 11.3 Å². The smallest absolute Gasteiger partial charge is 0.422 e. The Morgan fingerprint density at radius 3 is 2.59 bits per heavy atom. The Bertz CT molecular complexity index is 800. The van der Waals surface area contributed by atoms with Crippen molar-refractivity contribution in [1.82, 2.24) is 10.3 Å². The highest BCUT2D eigenvalue weighted by atomic mass is 32.2. The molecule has 0 saturated carbocycles. The van der Waals surface area contributed by atoms with E-state index in [0.29, 0.717) is 10.5 Å². The summed E-state index contributed by atoms with van der Waals surface area (Å²) < 4.78 is 41.0. The number of aromatic nitrogens is 1. The summed E-state index contributed by atoms with van der Waals surface area (Å²) in [5.41, 5.74) is 0.501. The molecule has 0 unspecified atom stereocenters. The normalized spacial score (nSPS) is 11.1. The summed E-state index contributed by atoms with van der Waals surface area (Å²) >= 11 is 1.20. The number of halogens is 3. The predicted octanol–water partition coefficient (Wildman–Crippen LogP) is 3.34. The summed E-state index contributed by atoms with van der Waals surface area (Å²) in [6.45, 7) is -1.34. The fourth-order valence-electron chi connectivity index (χ4n) is 1.86. The average molecular weight is 401 g/mol. The van der Waals surface area contributed by atoms with Gasteiger partial charge >= 0.3 is 6.18 Å². The first-order valence-corrected chi connectivity index (χ1v) is 8.50. The maximum absolute atomic E-state index is 12.1. The molecule has 0 atom stereocenters. The first-order valence-electron chi connectivity index (χ1n) is 7.51. The number of nitro groups is 1. The van der Waals surface area contributed by atoms with E-state index in [4.69, 9.17) is 0 Å². The molecule has 1 amide bonds. The molecule has 27 heavy (non-hydrogen) atoms. The molecule has 1 aromatic heterocycles. The number of hydrogen-bond acceptors (Lipinski definition) is 6. The van der Waals surface area contributed by atoms with Crippen LogP contribution in [0, 0.1) is 10.1 Å². The first kappa shape index (κ1) is 20.5. The van der Waals surface area contributed by atoms with Crippen LogP contribution in [-0.4, -0.2) is 34.4 Å². The summed E-state index contributed by atoms with van der Waals surface area (Å²) in [5.74, 6) is -0.396.